The molecule has 0 spiro atoms. The first-order chi connectivity index (χ1) is 7.92. The Labute approximate surface area is 103 Å². The Balaban J connectivity index is 1.75. The number of hydrogen-bond donors (Lipinski definition) is 1. The van der Waals surface area contributed by atoms with Crippen LogP contribution in [0.15, 0.2) is 0 Å². The number of piperidine rings is 1. The van der Waals surface area contributed by atoms with Gasteiger partial charge in [0, 0.05) is 19.4 Å². The van der Waals surface area contributed by atoms with Crippen LogP contribution in [0.1, 0.15) is 39.0 Å². The Bertz CT molecular complexity index is 260. The number of nitrogens with zero attached hydrogens (tertiary/aromatic N) is 1. The van der Waals surface area contributed by atoms with Gasteiger partial charge in [-0.25, -0.2) is 8.78 Å². The maximum absolute atomic E-state index is 13.1. The molecule has 2 nitrogen and oxygen atoms in total. The van der Waals surface area contributed by atoms with Crippen molar-refractivity contribution in [1.82, 2.24) is 4.90 Å². The summed E-state index contributed by atoms with van der Waals surface area (Å²) in [6.45, 7) is 5.87. The molecule has 0 bridgehead atoms. The van der Waals surface area contributed by atoms with Crippen LogP contribution in [0.3, 0.4) is 0 Å². The topological polar surface area (TPSA) is 29.3 Å². The molecule has 0 radical (unpaired) electrons. The van der Waals surface area contributed by atoms with E-state index in [2.05, 4.69) is 11.8 Å². The van der Waals surface area contributed by atoms with E-state index < -0.39 is 5.92 Å². The van der Waals surface area contributed by atoms with E-state index in [4.69, 9.17) is 5.73 Å². The zero-order chi connectivity index (χ0) is 12.5. The molecule has 2 aliphatic rings. The molecule has 1 unspecified atom stereocenters. The molecule has 100 valence electrons. The van der Waals surface area contributed by atoms with E-state index in [0.29, 0.717) is 6.42 Å². The molecule has 1 saturated heterocycles. The summed E-state index contributed by atoms with van der Waals surface area (Å²) in [5, 5.41) is 0. The Morgan fingerprint density at radius 2 is 1.88 bits per heavy atom. The maximum Gasteiger partial charge on any atom is 0.248 e. The molecule has 2 rings (SSSR count). The third-order valence-electron chi connectivity index (χ3n) is 4.58. The molecule has 0 aromatic heterocycles. The van der Waals surface area contributed by atoms with Crippen molar-refractivity contribution in [3.05, 3.63) is 0 Å². The highest BCUT2D eigenvalue weighted by atomic mass is 19.3. The molecule has 17 heavy (non-hydrogen) atoms. The van der Waals surface area contributed by atoms with Gasteiger partial charge in [-0.1, -0.05) is 6.92 Å². The lowest BCUT2D eigenvalue weighted by atomic mass is 9.80. The number of rotatable bonds is 3. The molecule has 0 aromatic rings. The summed E-state index contributed by atoms with van der Waals surface area (Å²) in [6.07, 6.45) is 3.08. The second-order valence-electron chi connectivity index (χ2n) is 6.28. The van der Waals surface area contributed by atoms with Crippen LogP contribution in [0.25, 0.3) is 0 Å². The maximum atomic E-state index is 13.1. The minimum absolute atomic E-state index is 0.0893. The van der Waals surface area contributed by atoms with Crippen molar-refractivity contribution in [1.29, 1.82) is 0 Å². The largest absolute Gasteiger partial charge is 0.330 e. The lowest BCUT2D eigenvalue weighted by Gasteiger charge is -2.39. The lowest BCUT2D eigenvalue weighted by Crippen LogP contribution is -2.43. The van der Waals surface area contributed by atoms with Crippen molar-refractivity contribution in [2.75, 3.05) is 26.2 Å². The third-order valence-corrected chi connectivity index (χ3v) is 4.58. The van der Waals surface area contributed by atoms with Crippen molar-refractivity contribution < 1.29 is 8.78 Å². The first-order valence-corrected chi connectivity index (χ1v) is 6.73. The first-order valence-electron chi connectivity index (χ1n) is 6.73. The van der Waals surface area contributed by atoms with Crippen molar-refractivity contribution in [2.45, 2.75) is 45.0 Å². The molecule has 1 saturated carbocycles. The number of hydrogen-bond acceptors (Lipinski definition) is 2. The van der Waals surface area contributed by atoms with E-state index in [9.17, 15) is 8.78 Å². The minimum atomic E-state index is -2.40. The zero-order valence-electron chi connectivity index (χ0n) is 10.7. The lowest BCUT2D eigenvalue weighted by molar-refractivity contribution is 0.00226. The predicted octanol–water partition coefficient (Wildman–Crippen LogP) is 2.48. The monoisotopic (exact) mass is 246 g/mol. The van der Waals surface area contributed by atoms with Crippen molar-refractivity contribution >= 4 is 0 Å². The Morgan fingerprint density at radius 3 is 2.35 bits per heavy atom. The molecule has 2 fully saturated rings. The zero-order valence-corrected chi connectivity index (χ0v) is 10.7. The number of alkyl halides is 2. The average molecular weight is 246 g/mol. The van der Waals surface area contributed by atoms with Crippen LogP contribution in [0, 0.1) is 11.3 Å². The summed E-state index contributed by atoms with van der Waals surface area (Å²) >= 11 is 0. The van der Waals surface area contributed by atoms with Crippen LogP contribution in [0.4, 0.5) is 8.78 Å². The Hall–Kier alpha value is -0.220. The van der Waals surface area contributed by atoms with Crippen LogP contribution in [-0.2, 0) is 0 Å². The van der Waals surface area contributed by atoms with Gasteiger partial charge in [0.05, 0.1) is 0 Å². The van der Waals surface area contributed by atoms with Gasteiger partial charge in [0.25, 0.3) is 0 Å². The molecule has 0 aromatic carbocycles. The highest BCUT2D eigenvalue weighted by molar-refractivity contribution is 4.87. The smallest absolute Gasteiger partial charge is 0.248 e. The highest BCUT2D eigenvalue weighted by Gasteiger charge is 2.40. The molecule has 4 heteroatoms. The van der Waals surface area contributed by atoms with Gasteiger partial charge in [0.2, 0.25) is 5.92 Å². The summed E-state index contributed by atoms with van der Waals surface area (Å²) in [6, 6.07) is 0. The van der Waals surface area contributed by atoms with Crippen LogP contribution in [-0.4, -0.2) is 37.0 Å². The molecule has 1 aliphatic carbocycles. The fourth-order valence-corrected chi connectivity index (χ4v) is 3.04. The predicted molar refractivity (Wildman–Crippen MR) is 65.1 cm³/mol. The van der Waals surface area contributed by atoms with E-state index in [0.717, 1.165) is 39.0 Å². The van der Waals surface area contributed by atoms with Gasteiger partial charge in [-0.15, -0.1) is 0 Å². The fraction of sp³-hybridized carbons (Fsp3) is 1.00. The number of nitrogens with two attached hydrogens (primary N) is 1. The van der Waals surface area contributed by atoms with Gasteiger partial charge in [0.15, 0.2) is 0 Å². The van der Waals surface area contributed by atoms with Gasteiger partial charge >= 0.3 is 0 Å². The van der Waals surface area contributed by atoms with Gasteiger partial charge in [-0.3, -0.25) is 0 Å². The van der Waals surface area contributed by atoms with Crippen molar-refractivity contribution in [3.8, 4) is 0 Å². The van der Waals surface area contributed by atoms with Gasteiger partial charge < -0.3 is 10.6 Å². The van der Waals surface area contributed by atoms with Crippen LogP contribution in [0.5, 0.6) is 0 Å². The third kappa shape index (κ3) is 3.38. The minimum Gasteiger partial charge on any atom is -0.330 e. The summed E-state index contributed by atoms with van der Waals surface area (Å²) in [5.74, 6) is -2.20. The second kappa shape index (κ2) is 4.81. The van der Waals surface area contributed by atoms with Crippen LogP contribution < -0.4 is 5.73 Å². The SMILES string of the molecule is CC1(CN)CCN(CC2CCC(F)(F)C2)CC1. The summed E-state index contributed by atoms with van der Waals surface area (Å²) in [7, 11) is 0. The fourth-order valence-electron chi connectivity index (χ4n) is 3.04. The van der Waals surface area contributed by atoms with E-state index in [1.165, 1.54) is 0 Å². The van der Waals surface area contributed by atoms with Gasteiger partial charge in [-0.05, 0) is 50.2 Å². The van der Waals surface area contributed by atoms with Gasteiger partial charge in [-0.2, -0.15) is 0 Å². The van der Waals surface area contributed by atoms with Crippen molar-refractivity contribution in [2.24, 2.45) is 17.1 Å². The second-order valence-corrected chi connectivity index (χ2v) is 6.28. The van der Waals surface area contributed by atoms with Gasteiger partial charge in [0.1, 0.15) is 0 Å². The Kier molecular flexibility index (Phi) is 3.74. The van der Waals surface area contributed by atoms with Crippen LogP contribution in [0.2, 0.25) is 0 Å². The number of halogens is 2. The number of likely N-dealkylation sites (tertiary alicyclic amines) is 1. The van der Waals surface area contributed by atoms with E-state index >= 15 is 0 Å². The molecule has 1 heterocycles. The molecule has 2 N–H and O–H groups in total. The molecule has 1 aliphatic heterocycles. The normalized spacial score (nSPS) is 32.8. The summed E-state index contributed by atoms with van der Waals surface area (Å²) in [5.41, 5.74) is 6.04. The van der Waals surface area contributed by atoms with E-state index in [1.807, 2.05) is 0 Å². The van der Waals surface area contributed by atoms with E-state index in [1.54, 1.807) is 0 Å². The highest BCUT2D eigenvalue weighted by Crippen LogP contribution is 2.40. The molecular weight excluding hydrogens is 222 g/mol. The Morgan fingerprint density at radius 1 is 1.24 bits per heavy atom. The average Bonchev–Trinajstić information content (AvgIpc) is 2.62. The molecule has 0 amide bonds. The molecule has 1 atom stereocenters. The standard InChI is InChI=1S/C13H24F2N2/c1-12(10-16)4-6-17(7-5-12)9-11-2-3-13(14,15)8-11/h11H,2-10,16H2,1H3. The summed E-state index contributed by atoms with van der Waals surface area (Å²) < 4.78 is 26.2. The van der Waals surface area contributed by atoms with E-state index in [-0.39, 0.29) is 24.2 Å². The van der Waals surface area contributed by atoms with Crippen molar-refractivity contribution in [3.63, 3.8) is 0 Å². The first kappa shape index (κ1) is 13.2. The molecular formula is C13H24F2N2. The summed E-state index contributed by atoms with van der Waals surface area (Å²) in [4.78, 5) is 2.35. The quantitative estimate of drug-likeness (QED) is 0.829. The van der Waals surface area contributed by atoms with Crippen LogP contribution >= 0.6 is 0 Å².